The van der Waals surface area contributed by atoms with Crippen molar-refractivity contribution in [3.05, 3.63) is 12.2 Å². The zero-order chi connectivity index (χ0) is 10.1. The van der Waals surface area contributed by atoms with E-state index >= 15 is 0 Å². The molecule has 0 saturated carbocycles. The van der Waals surface area contributed by atoms with Crippen LogP contribution in [-0.4, -0.2) is 12.3 Å². The third-order valence-corrected chi connectivity index (χ3v) is 1.46. The van der Waals surface area contributed by atoms with Crippen LogP contribution in [0.3, 0.4) is 0 Å². The lowest BCUT2D eigenvalue weighted by atomic mass is 9.96. The molecule has 0 spiro atoms. The lowest BCUT2D eigenvalue weighted by Gasteiger charge is -2.24. The van der Waals surface area contributed by atoms with Crippen LogP contribution in [0.25, 0.3) is 0 Å². The number of rotatable bonds is 1. The third kappa shape index (κ3) is 2.65. The van der Waals surface area contributed by atoms with Crippen LogP contribution in [-0.2, 0) is 19.0 Å². The van der Waals surface area contributed by atoms with Crippen molar-refractivity contribution in [2.75, 3.05) is 0 Å². The molecule has 0 N–H and O–H groups in total. The molecule has 74 valence electrons. The molecule has 1 heterocycles. The van der Waals surface area contributed by atoms with E-state index < -0.39 is 5.97 Å². The molecule has 4 nitrogen and oxygen atoms in total. The van der Waals surface area contributed by atoms with Crippen LogP contribution in [0.5, 0.6) is 0 Å². The van der Waals surface area contributed by atoms with Crippen LogP contribution >= 0.6 is 0 Å². The summed E-state index contributed by atoms with van der Waals surface area (Å²) in [5, 5.41) is 0. The first kappa shape index (κ1) is 9.89. The molecule has 0 amide bonds. The number of hydrogen-bond donors (Lipinski definition) is 0. The lowest BCUT2D eigenvalue weighted by Crippen LogP contribution is -2.27. The molecule has 0 aromatic carbocycles. The van der Waals surface area contributed by atoms with E-state index in [1.54, 1.807) is 0 Å². The highest BCUT2D eigenvalue weighted by molar-refractivity contribution is 5.66. The molecule has 0 fully saturated rings. The summed E-state index contributed by atoms with van der Waals surface area (Å²) < 4.78 is 15.1. The highest BCUT2D eigenvalue weighted by atomic mass is 16.8. The van der Waals surface area contributed by atoms with Gasteiger partial charge in [-0.2, -0.15) is 0 Å². The Kier molecular flexibility index (Phi) is 2.50. The smallest absolute Gasteiger partial charge is 0.326 e. The van der Waals surface area contributed by atoms with Crippen LogP contribution in [0.15, 0.2) is 12.2 Å². The Morgan fingerprint density at radius 3 is 2.54 bits per heavy atom. The highest BCUT2D eigenvalue weighted by Crippen LogP contribution is 2.29. The third-order valence-electron chi connectivity index (χ3n) is 1.46. The van der Waals surface area contributed by atoms with E-state index in [0.717, 1.165) is 0 Å². The second kappa shape index (κ2) is 3.28. The van der Waals surface area contributed by atoms with E-state index in [0.29, 0.717) is 0 Å². The summed E-state index contributed by atoms with van der Waals surface area (Å²) >= 11 is 0. The molecule has 1 unspecified atom stereocenters. The first-order valence-corrected chi connectivity index (χ1v) is 4.10. The Morgan fingerprint density at radius 2 is 2.15 bits per heavy atom. The Bertz CT molecular complexity index is 236. The quantitative estimate of drug-likeness (QED) is 0.585. The molecule has 13 heavy (non-hydrogen) atoms. The Labute approximate surface area is 77.5 Å². The fourth-order valence-corrected chi connectivity index (χ4v) is 0.849. The van der Waals surface area contributed by atoms with E-state index in [1.165, 1.54) is 13.2 Å². The van der Waals surface area contributed by atoms with Crippen molar-refractivity contribution in [1.82, 2.24) is 0 Å². The van der Waals surface area contributed by atoms with Crippen molar-refractivity contribution >= 4 is 5.97 Å². The minimum Gasteiger partial charge on any atom is -0.454 e. The molecule has 0 radical (unpaired) electrons. The molecule has 1 aliphatic rings. The van der Waals surface area contributed by atoms with Gasteiger partial charge < -0.3 is 14.2 Å². The maximum Gasteiger partial charge on any atom is 0.326 e. The van der Waals surface area contributed by atoms with Gasteiger partial charge in [0.25, 0.3) is 0 Å². The van der Waals surface area contributed by atoms with Crippen LogP contribution in [0, 0.1) is 5.41 Å². The minimum absolute atomic E-state index is 0.132. The molecular formula is C9H14O4. The monoisotopic (exact) mass is 186 g/mol. The summed E-state index contributed by atoms with van der Waals surface area (Å²) in [6.45, 7) is 7.24. The largest absolute Gasteiger partial charge is 0.454 e. The molecule has 1 rings (SSSR count). The van der Waals surface area contributed by atoms with Gasteiger partial charge in [0.05, 0.1) is 0 Å². The van der Waals surface area contributed by atoms with Gasteiger partial charge in [0.15, 0.2) is 6.26 Å². The lowest BCUT2D eigenvalue weighted by molar-refractivity contribution is -0.154. The summed E-state index contributed by atoms with van der Waals surface area (Å²) in [5.74, 6) is -0.281. The zero-order valence-electron chi connectivity index (χ0n) is 8.29. The number of carbonyl (C=O) groups excluding carboxylic acids is 1. The van der Waals surface area contributed by atoms with Crippen LogP contribution < -0.4 is 0 Å². The normalized spacial score (nSPS) is 21.5. The average Bonchev–Trinajstić information content (AvgIpc) is 2.32. The standard InChI is InChI=1S/C9H14O4/c1-6(10)12-7-5-11-8(13-7)9(2,3)4/h5,8H,1-4H3. The first-order valence-electron chi connectivity index (χ1n) is 4.10. The van der Waals surface area contributed by atoms with Gasteiger partial charge in [-0.1, -0.05) is 20.8 Å². The van der Waals surface area contributed by atoms with E-state index in [-0.39, 0.29) is 17.7 Å². The Balaban J connectivity index is 2.47. The number of esters is 1. The van der Waals surface area contributed by atoms with E-state index in [9.17, 15) is 4.79 Å². The summed E-state index contributed by atoms with van der Waals surface area (Å²) in [4.78, 5) is 10.6. The van der Waals surface area contributed by atoms with Gasteiger partial charge in [-0.15, -0.1) is 0 Å². The van der Waals surface area contributed by atoms with Crippen molar-refractivity contribution in [2.24, 2.45) is 5.41 Å². The predicted molar refractivity (Wildman–Crippen MR) is 45.3 cm³/mol. The second-order valence-electron chi connectivity index (χ2n) is 3.98. The molecule has 0 aliphatic carbocycles. The Morgan fingerprint density at radius 1 is 1.54 bits per heavy atom. The fraction of sp³-hybridized carbons (Fsp3) is 0.667. The average molecular weight is 186 g/mol. The van der Waals surface area contributed by atoms with Crippen molar-refractivity contribution in [3.8, 4) is 0 Å². The minimum atomic E-state index is -0.413. The predicted octanol–water partition coefficient (Wildman–Crippen LogP) is 1.77. The molecule has 4 heteroatoms. The van der Waals surface area contributed by atoms with Crippen molar-refractivity contribution in [1.29, 1.82) is 0 Å². The van der Waals surface area contributed by atoms with Gasteiger partial charge in [-0.05, 0) is 0 Å². The van der Waals surface area contributed by atoms with Gasteiger partial charge in [0, 0.05) is 12.3 Å². The first-order chi connectivity index (χ1) is 5.89. The SMILES string of the molecule is CC(=O)OC1=COC(C(C)(C)C)O1. The molecule has 1 aliphatic heterocycles. The van der Waals surface area contributed by atoms with Crippen molar-refractivity contribution < 1.29 is 19.0 Å². The topological polar surface area (TPSA) is 44.8 Å². The highest BCUT2D eigenvalue weighted by Gasteiger charge is 2.33. The molecule has 0 bridgehead atoms. The van der Waals surface area contributed by atoms with Gasteiger partial charge in [-0.25, -0.2) is 0 Å². The van der Waals surface area contributed by atoms with Gasteiger partial charge in [-0.3, -0.25) is 4.79 Å². The van der Waals surface area contributed by atoms with Crippen molar-refractivity contribution in [3.63, 3.8) is 0 Å². The molecule has 0 aromatic heterocycles. The number of hydrogen-bond acceptors (Lipinski definition) is 4. The fourth-order valence-electron chi connectivity index (χ4n) is 0.849. The summed E-state index contributed by atoms with van der Waals surface area (Å²) in [5.41, 5.74) is -0.140. The van der Waals surface area contributed by atoms with Crippen LogP contribution in [0.1, 0.15) is 27.7 Å². The summed E-state index contributed by atoms with van der Waals surface area (Å²) in [6, 6.07) is 0. The van der Waals surface area contributed by atoms with E-state index in [2.05, 4.69) is 0 Å². The maximum atomic E-state index is 10.6. The van der Waals surface area contributed by atoms with E-state index in [1.807, 2.05) is 20.8 Å². The number of ether oxygens (including phenoxy) is 3. The maximum absolute atomic E-state index is 10.6. The number of carbonyl (C=O) groups is 1. The second-order valence-corrected chi connectivity index (χ2v) is 3.98. The van der Waals surface area contributed by atoms with Crippen molar-refractivity contribution in [2.45, 2.75) is 34.0 Å². The van der Waals surface area contributed by atoms with Crippen LogP contribution in [0.2, 0.25) is 0 Å². The Hall–Kier alpha value is -1.19. The summed E-state index contributed by atoms with van der Waals surface area (Å²) in [6.07, 6.45) is 0.930. The molecular weight excluding hydrogens is 172 g/mol. The zero-order valence-corrected chi connectivity index (χ0v) is 8.29. The van der Waals surface area contributed by atoms with Gasteiger partial charge in [0.1, 0.15) is 0 Å². The summed E-state index contributed by atoms with van der Waals surface area (Å²) in [7, 11) is 0. The van der Waals surface area contributed by atoms with E-state index in [4.69, 9.17) is 14.2 Å². The molecule has 0 aromatic rings. The van der Waals surface area contributed by atoms with Crippen LogP contribution in [0.4, 0.5) is 0 Å². The van der Waals surface area contributed by atoms with Gasteiger partial charge >= 0.3 is 11.9 Å². The molecule has 0 saturated heterocycles. The van der Waals surface area contributed by atoms with Gasteiger partial charge in [0.2, 0.25) is 6.29 Å². The molecule has 1 atom stereocenters.